The lowest BCUT2D eigenvalue weighted by Crippen LogP contribution is -2.11. The lowest BCUT2D eigenvalue weighted by Gasteiger charge is -2.03. The van der Waals surface area contributed by atoms with Gasteiger partial charge < -0.3 is 11.1 Å². The van der Waals surface area contributed by atoms with Crippen LogP contribution in [0.25, 0.3) is 0 Å². The summed E-state index contributed by atoms with van der Waals surface area (Å²) in [5.41, 5.74) is 7.67. The van der Waals surface area contributed by atoms with E-state index in [9.17, 15) is 0 Å². The Morgan fingerprint density at radius 1 is 1.64 bits per heavy atom. The van der Waals surface area contributed by atoms with Crippen LogP contribution in [0.4, 0.5) is 0 Å². The van der Waals surface area contributed by atoms with Crippen molar-refractivity contribution in [2.75, 3.05) is 7.05 Å². The maximum Gasteiger partial charge on any atom is 0.0586 e. The molecule has 0 aliphatic heterocycles. The Labute approximate surface area is 66.6 Å². The molecule has 1 rings (SSSR count). The first-order valence-corrected chi connectivity index (χ1v) is 3.66. The van der Waals surface area contributed by atoms with E-state index in [1.54, 1.807) is 6.20 Å². The molecule has 0 spiro atoms. The number of pyridine rings is 1. The summed E-state index contributed by atoms with van der Waals surface area (Å²) in [6.45, 7) is 1.35. The summed E-state index contributed by atoms with van der Waals surface area (Å²) in [7, 11) is 1.90. The first-order valence-electron chi connectivity index (χ1n) is 3.66. The molecule has 0 amide bonds. The molecule has 0 aliphatic carbocycles. The van der Waals surface area contributed by atoms with Crippen LogP contribution in [0, 0.1) is 0 Å². The van der Waals surface area contributed by atoms with Crippen molar-refractivity contribution in [3.05, 3.63) is 29.6 Å². The first kappa shape index (κ1) is 8.17. The number of nitrogens with two attached hydrogens (primary N) is 1. The summed E-state index contributed by atoms with van der Waals surface area (Å²) >= 11 is 0. The lowest BCUT2D eigenvalue weighted by atomic mass is 10.2. The molecular weight excluding hydrogens is 138 g/mol. The zero-order valence-corrected chi connectivity index (χ0v) is 6.67. The largest absolute Gasteiger partial charge is 0.326 e. The number of hydrogen-bond acceptors (Lipinski definition) is 3. The van der Waals surface area contributed by atoms with Gasteiger partial charge in [0.05, 0.1) is 5.69 Å². The van der Waals surface area contributed by atoms with Crippen LogP contribution in [0.15, 0.2) is 18.3 Å². The standard InChI is InChI=1S/C8H13N3/c1-10-6-8-7(5-9)3-2-4-11-8/h2-4,10H,5-6,9H2,1H3. The third kappa shape index (κ3) is 2.00. The van der Waals surface area contributed by atoms with E-state index >= 15 is 0 Å². The molecule has 3 N–H and O–H groups in total. The Hall–Kier alpha value is -0.930. The molecule has 0 aromatic carbocycles. The molecular formula is C8H13N3. The van der Waals surface area contributed by atoms with E-state index in [0.29, 0.717) is 6.54 Å². The molecule has 0 atom stereocenters. The van der Waals surface area contributed by atoms with Gasteiger partial charge in [0.15, 0.2) is 0 Å². The molecule has 0 saturated heterocycles. The van der Waals surface area contributed by atoms with Gasteiger partial charge in [0.2, 0.25) is 0 Å². The van der Waals surface area contributed by atoms with Gasteiger partial charge in [0.1, 0.15) is 0 Å². The van der Waals surface area contributed by atoms with E-state index in [1.807, 2.05) is 19.2 Å². The van der Waals surface area contributed by atoms with Gasteiger partial charge in [-0.25, -0.2) is 0 Å². The van der Waals surface area contributed by atoms with Gasteiger partial charge in [-0.1, -0.05) is 6.07 Å². The highest BCUT2D eigenvalue weighted by Gasteiger charge is 1.97. The Morgan fingerprint density at radius 2 is 2.45 bits per heavy atom. The van der Waals surface area contributed by atoms with Crippen molar-refractivity contribution in [2.24, 2.45) is 5.73 Å². The maximum absolute atomic E-state index is 5.51. The first-order chi connectivity index (χ1) is 5.38. The van der Waals surface area contributed by atoms with Gasteiger partial charge in [-0.2, -0.15) is 0 Å². The monoisotopic (exact) mass is 151 g/mol. The molecule has 0 saturated carbocycles. The smallest absolute Gasteiger partial charge is 0.0586 e. The van der Waals surface area contributed by atoms with Crippen molar-refractivity contribution in [1.29, 1.82) is 0 Å². The normalized spacial score (nSPS) is 10.0. The molecule has 3 heteroatoms. The quantitative estimate of drug-likeness (QED) is 0.651. The predicted octanol–water partition coefficient (Wildman–Crippen LogP) is 0.260. The second-order valence-electron chi connectivity index (χ2n) is 2.34. The van der Waals surface area contributed by atoms with Crippen molar-refractivity contribution in [3.63, 3.8) is 0 Å². The lowest BCUT2D eigenvalue weighted by molar-refractivity contribution is 0.774. The Kier molecular flexibility index (Phi) is 3.01. The Morgan fingerprint density at radius 3 is 3.09 bits per heavy atom. The highest BCUT2D eigenvalue weighted by atomic mass is 14.8. The highest BCUT2D eigenvalue weighted by Crippen LogP contribution is 2.02. The third-order valence-corrected chi connectivity index (χ3v) is 1.55. The minimum absolute atomic E-state index is 0.560. The summed E-state index contributed by atoms with van der Waals surface area (Å²) in [6.07, 6.45) is 1.78. The number of hydrogen-bond donors (Lipinski definition) is 2. The topological polar surface area (TPSA) is 50.9 Å². The fourth-order valence-electron chi connectivity index (χ4n) is 0.984. The number of rotatable bonds is 3. The number of nitrogens with zero attached hydrogens (tertiary/aromatic N) is 1. The van der Waals surface area contributed by atoms with Gasteiger partial charge in [-0.15, -0.1) is 0 Å². The van der Waals surface area contributed by atoms with Crippen molar-refractivity contribution in [2.45, 2.75) is 13.1 Å². The van der Waals surface area contributed by atoms with Gasteiger partial charge in [-0.3, -0.25) is 4.98 Å². The molecule has 0 fully saturated rings. The number of nitrogens with one attached hydrogen (secondary N) is 1. The number of aromatic nitrogens is 1. The van der Waals surface area contributed by atoms with Crippen molar-refractivity contribution >= 4 is 0 Å². The maximum atomic E-state index is 5.51. The van der Waals surface area contributed by atoms with Gasteiger partial charge in [-0.05, 0) is 18.7 Å². The summed E-state index contributed by atoms with van der Waals surface area (Å²) in [5, 5.41) is 3.04. The fraction of sp³-hybridized carbons (Fsp3) is 0.375. The van der Waals surface area contributed by atoms with E-state index < -0.39 is 0 Å². The molecule has 3 nitrogen and oxygen atoms in total. The molecule has 60 valence electrons. The van der Waals surface area contributed by atoms with Crippen LogP contribution in [0.1, 0.15) is 11.3 Å². The predicted molar refractivity (Wildman–Crippen MR) is 44.9 cm³/mol. The van der Waals surface area contributed by atoms with E-state index in [4.69, 9.17) is 5.73 Å². The minimum atomic E-state index is 0.560. The molecule has 1 aromatic rings. The van der Waals surface area contributed by atoms with Crippen molar-refractivity contribution < 1.29 is 0 Å². The van der Waals surface area contributed by atoms with Crippen LogP contribution in [-0.2, 0) is 13.1 Å². The molecule has 0 aliphatic rings. The van der Waals surface area contributed by atoms with Crippen LogP contribution in [0.3, 0.4) is 0 Å². The summed E-state index contributed by atoms with van der Waals surface area (Å²) in [6, 6.07) is 3.90. The van der Waals surface area contributed by atoms with E-state index in [-0.39, 0.29) is 0 Å². The second-order valence-corrected chi connectivity index (χ2v) is 2.34. The molecule has 11 heavy (non-hydrogen) atoms. The SMILES string of the molecule is CNCc1ncccc1CN. The fourth-order valence-corrected chi connectivity index (χ4v) is 0.984. The average molecular weight is 151 g/mol. The Balaban J connectivity index is 2.83. The summed E-state index contributed by atoms with van der Waals surface area (Å²) in [4.78, 5) is 4.20. The molecule has 1 heterocycles. The summed E-state index contributed by atoms with van der Waals surface area (Å²) < 4.78 is 0. The van der Waals surface area contributed by atoms with E-state index in [2.05, 4.69) is 10.3 Å². The van der Waals surface area contributed by atoms with Crippen molar-refractivity contribution in [1.82, 2.24) is 10.3 Å². The minimum Gasteiger partial charge on any atom is -0.326 e. The third-order valence-electron chi connectivity index (χ3n) is 1.55. The van der Waals surface area contributed by atoms with Crippen LogP contribution in [-0.4, -0.2) is 12.0 Å². The molecule has 0 bridgehead atoms. The van der Waals surface area contributed by atoms with E-state index in [1.165, 1.54) is 0 Å². The zero-order valence-electron chi connectivity index (χ0n) is 6.67. The highest BCUT2D eigenvalue weighted by molar-refractivity contribution is 5.18. The molecule has 0 unspecified atom stereocenters. The Bertz CT molecular complexity index is 222. The zero-order chi connectivity index (χ0) is 8.10. The second kappa shape index (κ2) is 4.05. The van der Waals surface area contributed by atoms with Crippen LogP contribution >= 0.6 is 0 Å². The van der Waals surface area contributed by atoms with Crippen LogP contribution < -0.4 is 11.1 Å². The summed E-state index contributed by atoms with van der Waals surface area (Å²) in [5.74, 6) is 0. The van der Waals surface area contributed by atoms with Gasteiger partial charge in [0.25, 0.3) is 0 Å². The van der Waals surface area contributed by atoms with E-state index in [0.717, 1.165) is 17.8 Å². The van der Waals surface area contributed by atoms with Crippen molar-refractivity contribution in [3.8, 4) is 0 Å². The van der Waals surface area contributed by atoms with Crippen LogP contribution in [0.5, 0.6) is 0 Å². The molecule has 0 radical (unpaired) electrons. The van der Waals surface area contributed by atoms with Crippen LogP contribution in [0.2, 0.25) is 0 Å². The van der Waals surface area contributed by atoms with Gasteiger partial charge >= 0.3 is 0 Å². The molecule has 1 aromatic heterocycles. The van der Waals surface area contributed by atoms with Gasteiger partial charge in [0, 0.05) is 19.3 Å². The average Bonchev–Trinajstić information content (AvgIpc) is 2.06.